The Balaban J connectivity index is 2.04. The van der Waals surface area contributed by atoms with Crippen LogP contribution < -0.4 is 24.2 Å². The van der Waals surface area contributed by atoms with Gasteiger partial charge in [0.15, 0.2) is 0 Å². The number of hydrogen-bond donors (Lipinski definition) is 3. The number of nitrogens with zero attached hydrogens (tertiary/aromatic N) is 4. The van der Waals surface area contributed by atoms with Gasteiger partial charge in [-0.05, 0) is 35.9 Å². The fourth-order valence-corrected chi connectivity index (χ4v) is 3.57. The Kier molecular flexibility index (Phi) is 6.13. The Bertz CT molecular complexity index is 1320. The Hall–Kier alpha value is -3.64. The Morgan fingerprint density at radius 2 is 1.84 bits per heavy atom. The summed E-state index contributed by atoms with van der Waals surface area (Å²) in [7, 11) is -8.50. The summed E-state index contributed by atoms with van der Waals surface area (Å²) in [6, 6.07) is 12.6. The summed E-state index contributed by atoms with van der Waals surface area (Å²) in [4.78, 5) is 4.02. The number of anilines is 2. The van der Waals surface area contributed by atoms with Gasteiger partial charge in [0.25, 0.3) is 10.2 Å². The molecule has 0 aliphatic carbocycles. The van der Waals surface area contributed by atoms with E-state index in [2.05, 4.69) is 13.9 Å². The summed E-state index contributed by atoms with van der Waals surface area (Å²) < 4.78 is 54.1. The molecule has 0 aliphatic heterocycles. The van der Waals surface area contributed by atoms with Crippen molar-refractivity contribution in [3.8, 4) is 11.8 Å². The molecule has 0 fully saturated rings. The van der Waals surface area contributed by atoms with Crippen LogP contribution in [0.5, 0.6) is 5.75 Å². The van der Waals surface area contributed by atoms with Crippen molar-refractivity contribution in [3.63, 3.8) is 0 Å². The molecule has 0 atom stereocenters. The van der Waals surface area contributed by atoms with E-state index in [1.54, 1.807) is 46.3 Å². The second kappa shape index (κ2) is 8.62. The van der Waals surface area contributed by atoms with Gasteiger partial charge in [0.1, 0.15) is 12.1 Å². The predicted molar refractivity (Wildman–Crippen MR) is 112 cm³/mol. The van der Waals surface area contributed by atoms with Gasteiger partial charge in [-0.1, -0.05) is 6.07 Å². The molecule has 162 valence electrons. The minimum absolute atomic E-state index is 0.0117. The molecule has 0 amide bonds. The van der Waals surface area contributed by atoms with E-state index in [0.29, 0.717) is 16.8 Å². The molecule has 1 aromatic heterocycles. The Morgan fingerprint density at radius 3 is 2.39 bits per heavy atom. The molecule has 3 aromatic rings. The van der Waals surface area contributed by atoms with Crippen molar-refractivity contribution in [2.24, 2.45) is 10.3 Å². The van der Waals surface area contributed by atoms with Crippen LogP contribution in [0.4, 0.5) is 11.4 Å². The number of aromatic nitrogens is 2. The van der Waals surface area contributed by atoms with Gasteiger partial charge in [0.05, 0.1) is 29.6 Å². The fraction of sp³-hybridized carbons (Fsp3) is 0.0588. The van der Waals surface area contributed by atoms with Crippen molar-refractivity contribution in [2.75, 3.05) is 9.73 Å². The molecular formula is C17H17N7O5S2. The highest BCUT2D eigenvalue weighted by Crippen LogP contribution is 2.27. The largest absolute Gasteiger partial charge is 0.380 e. The van der Waals surface area contributed by atoms with Crippen molar-refractivity contribution in [1.82, 2.24) is 9.66 Å². The lowest BCUT2D eigenvalue weighted by Crippen LogP contribution is -2.29. The maximum Gasteiger partial charge on any atom is 0.380 e. The van der Waals surface area contributed by atoms with E-state index < -0.39 is 20.5 Å². The van der Waals surface area contributed by atoms with E-state index in [-0.39, 0.29) is 18.0 Å². The van der Waals surface area contributed by atoms with E-state index in [0.717, 1.165) is 6.07 Å². The third kappa shape index (κ3) is 6.17. The zero-order valence-corrected chi connectivity index (χ0v) is 17.4. The minimum Gasteiger partial charge on any atom is -0.371 e. The highest BCUT2D eigenvalue weighted by molar-refractivity contribution is 7.90. The number of hydrogen-bond acceptors (Lipinski definition) is 8. The van der Waals surface area contributed by atoms with E-state index in [1.165, 1.54) is 18.5 Å². The molecule has 2 aromatic carbocycles. The third-order valence-corrected chi connectivity index (χ3v) is 4.86. The molecule has 0 unspecified atom stereocenters. The van der Waals surface area contributed by atoms with Crippen molar-refractivity contribution in [3.05, 3.63) is 72.3 Å². The number of benzene rings is 2. The van der Waals surface area contributed by atoms with Gasteiger partial charge in [0, 0.05) is 18.5 Å². The van der Waals surface area contributed by atoms with Gasteiger partial charge in [-0.3, -0.25) is 9.73 Å². The van der Waals surface area contributed by atoms with Gasteiger partial charge in [-0.25, -0.2) is 14.8 Å². The second-order valence-electron chi connectivity index (χ2n) is 6.20. The zero-order chi connectivity index (χ0) is 22.6. The number of nitrogens with two attached hydrogens (primary N) is 2. The smallest absolute Gasteiger partial charge is 0.371 e. The maximum atomic E-state index is 11.6. The SMILES string of the molecule is N#Cc1ccc(N(Cc2ccc(OS(N)(=O)=O)cc2NS(N)(=O)=O)n2ccnc2)cc1. The lowest BCUT2D eigenvalue weighted by atomic mass is 10.1. The number of nitriles is 1. The predicted octanol–water partition coefficient (Wildman–Crippen LogP) is 0.422. The normalized spacial score (nSPS) is 11.5. The summed E-state index contributed by atoms with van der Waals surface area (Å²) in [6.45, 7) is 0.107. The molecule has 1 heterocycles. The van der Waals surface area contributed by atoms with E-state index >= 15 is 0 Å². The molecule has 31 heavy (non-hydrogen) atoms. The summed E-state index contributed by atoms with van der Waals surface area (Å²) in [5, 5.41) is 20.7. The van der Waals surface area contributed by atoms with Crippen molar-refractivity contribution >= 4 is 31.9 Å². The van der Waals surface area contributed by atoms with E-state index in [4.69, 9.17) is 15.5 Å². The van der Waals surface area contributed by atoms with Gasteiger partial charge in [0.2, 0.25) is 0 Å². The molecular weight excluding hydrogens is 446 g/mol. The molecule has 0 saturated carbocycles. The van der Waals surface area contributed by atoms with Crippen LogP contribution in [-0.4, -0.2) is 26.5 Å². The quantitative estimate of drug-likeness (QED) is 0.429. The monoisotopic (exact) mass is 463 g/mol. The zero-order valence-electron chi connectivity index (χ0n) is 15.8. The number of nitrogens with one attached hydrogen (secondary N) is 1. The Labute approximate surface area is 178 Å². The second-order valence-corrected chi connectivity index (χ2v) is 8.65. The molecule has 0 bridgehead atoms. The highest BCUT2D eigenvalue weighted by atomic mass is 32.2. The van der Waals surface area contributed by atoms with Crippen LogP contribution in [0.2, 0.25) is 0 Å². The lowest BCUT2D eigenvalue weighted by Gasteiger charge is -2.27. The van der Waals surface area contributed by atoms with Crippen LogP contribution in [0.15, 0.2) is 61.2 Å². The van der Waals surface area contributed by atoms with Crippen LogP contribution in [0.3, 0.4) is 0 Å². The van der Waals surface area contributed by atoms with Gasteiger partial charge < -0.3 is 4.18 Å². The van der Waals surface area contributed by atoms with E-state index in [9.17, 15) is 16.8 Å². The van der Waals surface area contributed by atoms with Crippen LogP contribution >= 0.6 is 0 Å². The summed E-state index contributed by atoms with van der Waals surface area (Å²) in [5.41, 5.74) is 1.55. The van der Waals surface area contributed by atoms with Crippen molar-refractivity contribution in [2.45, 2.75) is 6.54 Å². The minimum atomic E-state index is -4.32. The first-order chi connectivity index (χ1) is 14.5. The van der Waals surface area contributed by atoms with Gasteiger partial charge >= 0.3 is 10.3 Å². The number of imidazole rings is 1. The average Bonchev–Trinajstić information content (AvgIpc) is 3.19. The summed E-state index contributed by atoms with van der Waals surface area (Å²) in [5.74, 6) is -0.204. The molecule has 0 aliphatic rings. The topological polar surface area (TPSA) is 186 Å². The molecule has 3 rings (SSSR count). The van der Waals surface area contributed by atoms with Crippen LogP contribution in [0.25, 0.3) is 0 Å². The van der Waals surface area contributed by atoms with E-state index in [1.807, 2.05) is 6.07 Å². The standard InChI is InChI=1S/C17H17N7O5S2/c18-10-13-1-4-15(5-2-13)24(23-8-7-21-12-23)11-14-3-6-16(29-31(20,27)28)9-17(14)22-30(19,25)26/h1-9,12,22H,11H2,(H2,19,25,26)(H2,20,27,28). The van der Waals surface area contributed by atoms with Gasteiger partial charge in [-0.15, -0.1) is 0 Å². The van der Waals surface area contributed by atoms with Crippen LogP contribution in [0, 0.1) is 11.3 Å². The van der Waals surface area contributed by atoms with Crippen LogP contribution in [-0.2, 0) is 27.1 Å². The average molecular weight is 464 g/mol. The van der Waals surface area contributed by atoms with Gasteiger partial charge in [-0.2, -0.15) is 27.2 Å². The maximum absolute atomic E-state index is 11.6. The molecule has 0 saturated heterocycles. The molecule has 5 N–H and O–H groups in total. The first kappa shape index (κ1) is 22.1. The molecule has 14 heteroatoms. The molecule has 0 radical (unpaired) electrons. The first-order valence-electron chi connectivity index (χ1n) is 8.46. The summed E-state index contributed by atoms with van der Waals surface area (Å²) >= 11 is 0. The first-order valence-corrected chi connectivity index (χ1v) is 11.5. The van der Waals surface area contributed by atoms with Crippen molar-refractivity contribution in [1.29, 1.82) is 5.26 Å². The highest BCUT2D eigenvalue weighted by Gasteiger charge is 2.17. The van der Waals surface area contributed by atoms with Crippen molar-refractivity contribution < 1.29 is 21.0 Å². The fourth-order valence-electron chi connectivity index (χ4n) is 2.70. The molecule has 0 spiro atoms. The molecule has 12 nitrogen and oxygen atoms in total. The third-order valence-electron chi connectivity index (χ3n) is 3.93. The lowest BCUT2D eigenvalue weighted by molar-refractivity contribution is 0.488. The Morgan fingerprint density at radius 1 is 1.13 bits per heavy atom. The number of rotatable bonds is 8. The van der Waals surface area contributed by atoms with Crippen LogP contribution in [0.1, 0.15) is 11.1 Å². The summed E-state index contributed by atoms with van der Waals surface area (Å²) in [6.07, 6.45) is 4.76.